The van der Waals surface area contributed by atoms with E-state index in [1.54, 1.807) is 25.3 Å². The molecule has 6 heteroatoms. The molecule has 1 aromatic carbocycles. The number of pyridine rings is 1. The van der Waals surface area contributed by atoms with E-state index in [4.69, 9.17) is 0 Å². The third kappa shape index (κ3) is 3.95. The average molecular weight is 405 g/mol. The monoisotopic (exact) mass is 405 g/mol. The van der Waals surface area contributed by atoms with Gasteiger partial charge in [-0.15, -0.1) is 0 Å². The Kier molecular flexibility index (Phi) is 5.57. The van der Waals surface area contributed by atoms with Crippen molar-refractivity contribution in [1.82, 2.24) is 15.2 Å². The number of hydrogen-bond acceptors (Lipinski definition) is 3. The molecule has 2 fully saturated rings. The van der Waals surface area contributed by atoms with E-state index >= 15 is 0 Å². The molecule has 1 aromatic heterocycles. The molecule has 156 valence electrons. The summed E-state index contributed by atoms with van der Waals surface area (Å²) in [5, 5.41) is 5.08. The summed E-state index contributed by atoms with van der Waals surface area (Å²) in [6.45, 7) is 1.76. The minimum absolute atomic E-state index is 0.0301. The van der Waals surface area contributed by atoms with Crippen molar-refractivity contribution < 1.29 is 9.59 Å². The van der Waals surface area contributed by atoms with Crippen LogP contribution in [0.5, 0.6) is 0 Å². The van der Waals surface area contributed by atoms with Gasteiger partial charge in [0.25, 0.3) is 11.5 Å². The normalized spacial score (nSPS) is 22.3. The van der Waals surface area contributed by atoms with Crippen LogP contribution in [0.3, 0.4) is 0 Å². The Morgan fingerprint density at radius 2 is 1.80 bits per heavy atom. The molecule has 1 aliphatic heterocycles. The molecule has 30 heavy (non-hydrogen) atoms. The maximum atomic E-state index is 12.8. The average Bonchev–Trinajstić information content (AvgIpc) is 3.05. The van der Waals surface area contributed by atoms with E-state index in [1.165, 1.54) is 36.7 Å². The van der Waals surface area contributed by atoms with E-state index in [2.05, 4.69) is 22.8 Å². The molecule has 0 radical (unpaired) electrons. The molecule has 0 bridgehead atoms. The lowest BCUT2D eigenvalue weighted by molar-refractivity contribution is -0.124. The Bertz CT molecular complexity index is 1030. The van der Waals surface area contributed by atoms with Gasteiger partial charge in [-0.05, 0) is 42.9 Å². The van der Waals surface area contributed by atoms with Crippen LogP contribution in [0.4, 0.5) is 4.79 Å². The predicted molar refractivity (Wildman–Crippen MR) is 116 cm³/mol. The van der Waals surface area contributed by atoms with Gasteiger partial charge in [0.2, 0.25) is 0 Å². The van der Waals surface area contributed by atoms with Gasteiger partial charge in [-0.25, -0.2) is 4.79 Å². The first kappa shape index (κ1) is 20.1. The lowest BCUT2D eigenvalue weighted by Gasteiger charge is -2.27. The number of hydrogen-bond donors (Lipinski definition) is 2. The van der Waals surface area contributed by atoms with Gasteiger partial charge < -0.3 is 9.88 Å². The molecule has 1 saturated carbocycles. The Balaban J connectivity index is 1.62. The topological polar surface area (TPSA) is 80.2 Å². The fourth-order valence-electron chi connectivity index (χ4n) is 4.39. The third-order valence-corrected chi connectivity index (χ3v) is 6.17. The number of nitrogens with zero attached hydrogens (tertiary/aromatic N) is 1. The van der Waals surface area contributed by atoms with Crippen molar-refractivity contribution in [2.45, 2.75) is 51.1 Å². The number of carbonyl (C=O) groups excluding carboxylic acids is 2. The zero-order chi connectivity index (χ0) is 21.1. The van der Waals surface area contributed by atoms with E-state index in [9.17, 15) is 14.4 Å². The SMILES string of the molecule is Cc1cccn(CC2(c3ccc(/C=C/C4CCCCC4)cc3)NC(=O)NC2=O)c1=O. The van der Waals surface area contributed by atoms with E-state index in [-0.39, 0.29) is 12.1 Å². The van der Waals surface area contributed by atoms with Crippen LogP contribution in [0.15, 0.2) is 53.5 Å². The Labute approximate surface area is 176 Å². The summed E-state index contributed by atoms with van der Waals surface area (Å²) >= 11 is 0. The smallest absolute Gasteiger partial charge is 0.318 e. The number of aromatic nitrogens is 1. The van der Waals surface area contributed by atoms with E-state index in [1.807, 2.05) is 24.3 Å². The highest BCUT2D eigenvalue weighted by Gasteiger charge is 2.48. The third-order valence-electron chi connectivity index (χ3n) is 6.17. The summed E-state index contributed by atoms with van der Waals surface area (Å²) < 4.78 is 1.47. The molecule has 1 saturated heterocycles. The van der Waals surface area contributed by atoms with Crippen LogP contribution in [0.1, 0.15) is 48.8 Å². The second-order valence-corrected chi connectivity index (χ2v) is 8.32. The Hall–Kier alpha value is -3.15. The highest BCUT2D eigenvalue weighted by atomic mass is 16.2. The zero-order valence-corrected chi connectivity index (χ0v) is 17.2. The van der Waals surface area contributed by atoms with E-state index < -0.39 is 17.5 Å². The number of aryl methyl sites for hydroxylation is 1. The number of imide groups is 1. The van der Waals surface area contributed by atoms with Gasteiger partial charge in [0.15, 0.2) is 5.54 Å². The number of allylic oxidation sites excluding steroid dienone is 1. The number of amides is 3. The molecule has 0 spiro atoms. The van der Waals surface area contributed by atoms with Gasteiger partial charge in [-0.3, -0.25) is 14.9 Å². The van der Waals surface area contributed by atoms with Crippen LogP contribution >= 0.6 is 0 Å². The molecule has 2 heterocycles. The summed E-state index contributed by atoms with van der Waals surface area (Å²) in [6, 6.07) is 10.5. The summed E-state index contributed by atoms with van der Waals surface area (Å²) in [7, 11) is 0. The van der Waals surface area contributed by atoms with Gasteiger partial charge in [0.05, 0.1) is 6.54 Å². The number of rotatable bonds is 5. The molecule has 4 rings (SSSR count). The Morgan fingerprint density at radius 1 is 1.07 bits per heavy atom. The highest BCUT2D eigenvalue weighted by molar-refractivity contribution is 6.07. The van der Waals surface area contributed by atoms with Crippen LogP contribution in [0.2, 0.25) is 0 Å². The van der Waals surface area contributed by atoms with Crippen molar-refractivity contribution in [2.24, 2.45) is 5.92 Å². The first-order valence-electron chi connectivity index (χ1n) is 10.6. The standard InChI is InChI=1S/C24H27N3O3/c1-17-6-5-15-27(21(17)28)16-24(22(29)25-23(30)26-24)20-13-11-19(12-14-20)10-9-18-7-3-2-4-8-18/h5-6,9-15,18H,2-4,7-8,16H2,1H3,(H2,25,26,29,30)/b10-9+. The van der Waals surface area contributed by atoms with Gasteiger partial charge in [0.1, 0.15) is 0 Å². The summed E-state index contributed by atoms with van der Waals surface area (Å²) in [5.41, 5.74) is 0.782. The maximum absolute atomic E-state index is 12.8. The lowest BCUT2D eigenvalue weighted by atomic mass is 9.87. The second kappa shape index (κ2) is 8.30. The molecule has 1 unspecified atom stereocenters. The number of carbonyl (C=O) groups is 2. The summed E-state index contributed by atoms with van der Waals surface area (Å²) in [4.78, 5) is 37.3. The quantitative estimate of drug-likeness (QED) is 0.748. The predicted octanol–water partition coefficient (Wildman–Crippen LogP) is 3.49. The van der Waals surface area contributed by atoms with Crippen molar-refractivity contribution in [3.63, 3.8) is 0 Å². The molecule has 2 aromatic rings. The van der Waals surface area contributed by atoms with Crippen LogP contribution in [0, 0.1) is 12.8 Å². The van der Waals surface area contributed by atoms with Crippen molar-refractivity contribution >= 4 is 18.0 Å². The van der Waals surface area contributed by atoms with Gasteiger partial charge in [-0.1, -0.05) is 61.7 Å². The number of nitrogens with one attached hydrogen (secondary N) is 2. The highest BCUT2D eigenvalue weighted by Crippen LogP contribution is 2.28. The van der Waals surface area contributed by atoms with Gasteiger partial charge in [-0.2, -0.15) is 0 Å². The molecule has 1 aliphatic carbocycles. The first-order valence-corrected chi connectivity index (χ1v) is 10.6. The van der Waals surface area contributed by atoms with Crippen LogP contribution in [-0.4, -0.2) is 16.5 Å². The van der Waals surface area contributed by atoms with E-state index in [0.717, 1.165) is 5.56 Å². The molecular formula is C24H27N3O3. The van der Waals surface area contributed by atoms with E-state index in [0.29, 0.717) is 17.0 Å². The molecule has 1 atom stereocenters. The molecule has 2 aliphatic rings. The van der Waals surface area contributed by atoms with Gasteiger partial charge >= 0.3 is 6.03 Å². The molecular weight excluding hydrogens is 378 g/mol. The lowest BCUT2D eigenvalue weighted by Crippen LogP contribution is -2.49. The zero-order valence-electron chi connectivity index (χ0n) is 17.2. The first-order chi connectivity index (χ1) is 14.5. The fourth-order valence-corrected chi connectivity index (χ4v) is 4.39. The Morgan fingerprint density at radius 3 is 2.47 bits per heavy atom. The second-order valence-electron chi connectivity index (χ2n) is 8.32. The molecule has 3 amide bonds. The fraction of sp³-hybridized carbons (Fsp3) is 0.375. The van der Waals surface area contributed by atoms with Crippen molar-refractivity contribution in [2.75, 3.05) is 0 Å². The van der Waals surface area contributed by atoms with Gasteiger partial charge in [0, 0.05) is 11.8 Å². The molecule has 6 nitrogen and oxygen atoms in total. The van der Waals surface area contributed by atoms with Crippen LogP contribution in [0.25, 0.3) is 6.08 Å². The summed E-state index contributed by atoms with van der Waals surface area (Å²) in [6.07, 6.45) is 12.5. The van der Waals surface area contributed by atoms with Crippen molar-refractivity contribution in [3.05, 3.63) is 75.7 Å². The number of benzene rings is 1. The van der Waals surface area contributed by atoms with Crippen molar-refractivity contribution in [1.29, 1.82) is 0 Å². The van der Waals surface area contributed by atoms with Crippen LogP contribution < -0.4 is 16.2 Å². The van der Waals surface area contributed by atoms with Crippen LogP contribution in [-0.2, 0) is 16.9 Å². The minimum atomic E-state index is -1.32. The molecule has 2 N–H and O–H groups in total. The minimum Gasteiger partial charge on any atom is -0.318 e. The largest absolute Gasteiger partial charge is 0.322 e. The summed E-state index contributed by atoms with van der Waals surface area (Å²) in [5.74, 6) is 0.185. The maximum Gasteiger partial charge on any atom is 0.322 e. The van der Waals surface area contributed by atoms with Crippen molar-refractivity contribution in [3.8, 4) is 0 Å². The number of urea groups is 1.